The van der Waals surface area contributed by atoms with Gasteiger partial charge in [0.2, 0.25) is 5.91 Å². The SMILES string of the molecule is CN(CCCCCC(=O)Nc1cccc(-c2n[nH]c(=O)c3ccccc23)c1)C(=O)OC(C)(C)C. The molecule has 2 N–H and O–H groups in total. The standard InChI is InChI=1S/C26H32N4O4/c1-26(2,3)34-25(33)30(4)16-9-5-6-15-22(31)27-19-12-10-11-18(17-19)23-20-13-7-8-14-21(20)24(32)29-28-23/h7-8,10-14,17H,5-6,9,15-16H2,1-4H3,(H,27,31)(H,29,32). The first-order valence-electron chi connectivity index (χ1n) is 11.5. The number of H-pyrrole nitrogens is 1. The van der Waals surface area contributed by atoms with E-state index in [-0.39, 0.29) is 17.6 Å². The summed E-state index contributed by atoms with van der Waals surface area (Å²) in [6.07, 6.45) is 2.40. The van der Waals surface area contributed by atoms with E-state index >= 15 is 0 Å². The maximum atomic E-state index is 12.4. The highest BCUT2D eigenvalue weighted by Gasteiger charge is 2.19. The van der Waals surface area contributed by atoms with Crippen LogP contribution in [0, 0.1) is 0 Å². The molecule has 0 saturated heterocycles. The molecule has 2 aromatic carbocycles. The molecule has 3 aromatic rings. The summed E-state index contributed by atoms with van der Waals surface area (Å²) < 4.78 is 5.33. The van der Waals surface area contributed by atoms with Gasteiger partial charge in [-0.1, -0.05) is 36.8 Å². The summed E-state index contributed by atoms with van der Waals surface area (Å²) in [7, 11) is 1.72. The molecule has 0 saturated carbocycles. The molecule has 8 nitrogen and oxygen atoms in total. The summed E-state index contributed by atoms with van der Waals surface area (Å²) in [6, 6.07) is 14.7. The first-order chi connectivity index (χ1) is 16.1. The number of benzene rings is 2. The maximum absolute atomic E-state index is 12.4. The van der Waals surface area contributed by atoms with Crippen molar-refractivity contribution in [1.82, 2.24) is 15.1 Å². The molecule has 3 rings (SSSR count). The Kier molecular flexibility index (Phi) is 8.04. The number of hydrogen-bond donors (Lipinski definition) is 2. The summed E-state index contributed by atoms with van der Waals surface area (Å²) >= 11 is 0. The minimum Gasteiger partial charge on any atom is -0.444 e. The number of aromatic nitrogens is 2. The number of nitrogens with one attached hydrogen (secondary N) is 2. The zero-order chi connectivity index (χ0) is 24.7. The fourth-order valence-electron chi connectivity index (χ4n) is 3.54. The van der Waals surface area contributed by atoms with E-state index in [1.807, 2.05) is 63.2 Å². The van der Waals surface area contributed by atoms with Gasteiger partial charge in [-0.05, 0) is 51.8 Å². The molecular formula is C26H32N4O4. The Labute approximate surface area is 199 Å². The molecule has 0 aliphatic rings. The predicted molar refractivity (Wildman–Crippen MR) is 134 cm³/mol. The topological polar surface area (TPSA) is 104 Å². The van der Waals surface area contributed by atoms with E-state index in [0.29, 0.717) is 29.7 Å². The van der Waals surface area contributed by atoms with Gasteiger partial charge >= 0.3 is 6.09 Å². The number of rotatable bonds is 8. The van der Waals surface area contributed by atoms with E-state index in [9.17, 15) is 14.4 Å². The third kappa shape index (κ3) is 6.91. The molecule has 0 atom stereocenters. The van der Waals surface area contributed by atoms with Crippen LogP contribution in [0.4, 0.5) is 10.5 Å². The largest absolute Gasteiger partial charge is 0.444 e. The maximum Gasteiger partial charge on any atom is 0.410 e. The van der Waals surface area contributed by atoms with Crippen LogP contribution in [0.3, 0.4) is 0 Å². The second kappa shape index (κ2) is 11.0. The Balaban J connectivity index is 1.51. The predicted octanol–water partition coefficient (Wildman–Crippen LogP) is 4.96. The molecule has 1 aromatic heterocycles. The number of amides is 2. The van der Waals surface area contributed by atoms with Crippen LogP contribution in [-0.4, -0.2) is 46.3 Å². The van der Waals surface area contributed by atoms with Gasteiger partial charge in [0.25, 0.3) is 5.56 Å². The molecule has 0 unspecified atom stereocenters. The summed E-state index contributed by atoms with van der Waals surface area (Å²) in [5.74, 6) is -0.0723. The molecule has 8 heteroatoms. The third-order valence-electron chi connectivity index (χ3n) is 5.22. The average Bonchev–Trinajstić information content (AvgIpc) is 2.78. The lowest BCUT2D eigenvalue weighted by Gasteiger charge is -2.24. The second-order valence-corrected chi connectivity index (χ2v) is 9.29. The molecule has 0 spiro atoms. The summed E-state index contributed by atoms with van der Waals surface area (Å²) in [4.78, 5) is 38.0. The molecule has 34 heavy (non-hydrogen) atoms. The normalized spacial score (nSPS) is 11.3. The number of ether oxygens (including phenoxy) is 1. The van der Waals surface area contributed by atoms with Crippen molar-refractivity contribution in [1.29, 1.82) is 0 Å². The molecule has 0 radical (unpaired) electrons. The molecule has 1 heterocycles. The Morgan fingerprint density at radius 3 is 2.50 bits per heavy atom. The quantitative estimate of drug-likeness (QED) is 0.459. The lowest BCUT2D eigenvalue weighted by atomic mass is 10.0. The van der Waals surface area contributed by atoms with Crippen molar-refractivity contribution < 1.29 is 14.3 Å². The lowest BCUT2D eigenvalue weighted by molar-refractivity contribution is -0.116. The first kappa shape index (κ1) is 25.0. The van der Waals surface area contributed by atoms with Crippen LogP contribution < -0.4 is 10.9 Å². The minimum absolute atomic E-state index is 0.0723. The van der Waals surface area contributed by atoms with Gasteiger partial charge in [-0.3, -0.25) is 9.59 Å². The van der Waals surface area contributed by atoms with Crippen LogP contribution in [0.15, 0.2) is 53.3 Å². The van der Waals surface area contributed by atoms with E-state index in [0.717, 1.165) is 30.2 Å². The average molecular weight is 465 g/mol. The Morgan fingerprint density at radius 1 is 1.03 bits per heavy atom. The first-order valence-corrected chi connectivity index (χ1v) is 11.5. The molecule has 2 amide bonds. The van der Waals surface area contributed by atoms with Crippen LogP contribution in [0.5, 0.6) is 0 Å². The monoisotopic (exact) mass is 464 g/mol. The molecule has 0 fully saturated rings. The Bertz CT molecular complexity index is 1210. The van der Waals surface area contributed by atoms with E-state index in [4.69, 9.17) is 4.74 Å². The molecular weight excluding hydrogens is 432 g/mol. The summed E-state index contributed by atoms with van der Waals surface area (Å²) in [5.41, 5.74) is 1.38. The summed E-state index contributed by atoms with van der Waals surface area (Å²) in [6.45, 7) is 6.10. The fourth-order valence-corrected chi connectivity index (χ4v) is 3.54. The molecule has 0 bridgehead atoms. The number of anilines is 1. The van der Waals surface area contributed by atoms with Crippen molar-refractivity contribution in [2.24, 2.45) is 0 Å². The van der Waals surface area contributed by atoms with Gasteiger partial charge in [0.1, 0.15) is 5.60 Å². The van der Waals surface area contributed by atoms with E-state index in [1.165, 1.54) is 0 Å². The van der Waals surface area contributed by atoms with Crippen LogP contribution in [0.25, 0.3) is 22.0 Å². The van der Waals surface area contributed by atoms with Crippen LogP contribution >= 0.6 is 0 Å². The van der Waals surface area contributed by atoms with Crippen LogP contribution in [0.2, 0.25) is 0 Å². The van der Waals surface area contributed by atoms with Crippen molar-refractivity contribution in [2.75, 3.05) is 18.9 Å². The van der Waals surface area contributed by atoms with Crippen molar-refractivity contribution in [3.63, 3.8) is 0 Å². The van der Waals surface area contributed by atoms with Gasteiger partial charge in [-0.25, -0.2) is 9.89 Å². The number of nitrogens with zero attached hydrogens (tertiary/aromatic N) is 2. The van der Waals surface area contributed by atoms with Crippen molar-refractivity contribution in [3.05, 3.63) is 58.9 Å². The smallest absolute Gasteiger partial charge is 0.410 e. The molecule has 0 aliphatic heterocycles. The van der Waals surface area contributed by atoms with E-state index < -0.39 is 5.60 Å². The number of fused-ring (bicyclic) bond motifs is 1. The van der Waals surface area contributed by atoms with Gasteiger partial charge in [-0.2, -0.15) is 5.10 Å². The Morgan fingerprint density at radius 2 is 1.76 bits per heavy atom. The third-order valence-corrected chi connectivity index (χ3v) is 5.22. The van der Waals surface area contributed by atoms with E-state index in [1.54, 1.807) is 18.0 Å². The minimum atomic E-state index is -0.512. The van der Waals surface area contributed by atoms with Crippen molar-refractivity contribution >= 4 is 28.5 Å². The number of hydrogen-bond acceptors (Lipinski definition) is 5. The van der Waals surface area contributed by atoms with Crippen molar-refractivity contribution in [2.45, 2.75) is 52.1 Å². The van der Waals surface area contributed by atoms with Crippen LogP contribution in [0.1, 0.15) is 46.5 Å². The van der Waals surface area contributed by atoms with Gasteiger partial charge in [0, 0.05) is 36.7 Å². The van der Waals surface area contributed by atoms with Crippen molar-refractivity contribution in [3.8, 4) is 11.3 Å². The van der Waals surface area contributed by atoms with Gasteiger partial charge in [-0.15, -0.1) is 0 Å². The van der Waals surface area contributed by atoms with Gasteiger partial charge in [0.15, 0.2) is 0 Å². The Hall–Kier alpha value is -3.68. The lowest BCUT2D eigenvalue weighted by Crippen LogP contribution is -2.34. The zero-order valence-corrected chi connectivity index (χ0v) is 20.2. The highest BCUT2D eigenvalue weighted by Crippen LogP contribution is 2.26. The number of aromatic amines is 1. The highest BCUT2D eigenvalue weighted by atomic mass is 16.6. The molecule has 180 valence electrons. The number of carbonyl (C=O) groups excluding carboxylic acids is 2. The zero-order valence-electron chi connectivity index (χ0n) is 20.2. The van der Waals surface area contributed by atoms with Crippen LogP contribution in [-0.2, 0) is 9.53 Å². The van der Waals surface area contributed by atoms with Gasteiger partial charge in [0.05, 0.1) is 11.1 Å². The molecule has 0 aliphatic carbocycles. The highest BCUT2D eigenvalue weighted by molar-refractivity contribution is 5.95. The fraction of sp³-hybridized carbons (Fsp3) is 0.385. The number of carbonyl (C=O) groups is 2. The van der Waals surface area contributed by atoms with E-state index in [2.05, 4.69) is 15.5 Å². The number of unbranched alkanes of at least 4 members (excludes halogenated alkanes) is 2. The summed E-state index contributed by atoms with van der Waals surface area (Å²) in [5, 5.41) is 11.0. The van der Waals surface area contributed by atoms with Gasteiger partial charge < -0.3 is 15.0 Å². The second-order valence-electron chi connectivity index (χ2n) is 9.29.